The molecule has 0 aliphatic carbocycles. The van der Waals surface area contributed by atoms with Crippen LogP contribution in [0.4, 0.5) is 0 Å². The van der Waals surface area contributed by atoms with Gasteiger partial charge in [0, 0.05) is 6.61 Å². The van der Waals surface area contributed by atoms with E-state index in [0.29, 0.717) is 6.61 Å². The summed E-state index contributed by atoms with van der Waals surface area (Å²) < 4.78 is 11.5. The molecule has 0 radical (unpaired) electrons. The highest BCUT2D eigenvalue weighted by Gasteiger charge is 2.08. The van der Waals surface area contributed by atoms with Gasteiger partial charge in [-0.1, -0.05) is 13.0 Å². The summed E-state index contributed by atoms with van der Waals surface area (Å²) in [5.41, 5.74) is 7.05. The summed E-state index contributed by atoms with van der Waals surface area (Å²) in [6.07, 6.45) is 1.01. The molecule has 2 N–H and O–H groups in total. The van der Waals surface area contributed by atoms with Crippen molar-refractivity contribution < 1.29 is 9.47 Å². The maximum Gasteiger partial charge on any atom is 0.133 e. The van der Waals surface area contributed by atoms with Crippen molar-refractivity contribution in [1.29, 1.82) is 0 Å². The molecule has 0 fully saturated rings. The molecule has 0 aromatic heterocycles. The summed E-state index contributed by atoms with van der Waals surface area (Å²) in [6, 6.07) is 5.75. The van der Waals surface area contributed by atoms with Crippen molar-refractivity contribution in [1.82, 2.24) is 0 Å². The average molecular weight is 288 g/mol. The number of halogens is 1. The summed E-state index contributed by atoms with van der Waals surface area (Å²) in [5.74, 6) is 0.811. The molecule has 1 aromatic carbocycles. The molecular weight excluding hydrogens is 270 g/mol. The molecule has 0 saturated heterocycles. The Morgan fingerprint density at radius 2 is 2.19 bits per heavy atom. The summed E-state index contributed by atoms with van der Waals surface area (Å²) >= 11 is 3.44. The number of ether oxygens (including phenoxy) is 2. The van der Waals surface area contributed by atoms with Gasteiger partial charge in [0.15, 0.2) is 0 Å². The van der Waals surface area contributed by atoms with Crippen LogP contribution in [0, 0.1) is 0 Å². The van der Waals surface area contributed by atoms with Crippen LogP contribution >= 0.6 is 15.9 Å². The molecule has 0 amide bonds. The molecule has 1 atom stereocenters. The number of hydrogen-bond acceptors (Lipinski definition) is 3. The number of benzene rings is 1. The average Bonchev–Trinajstić information content (AvgIpc) is 2.29. The van der Waals surface area contributed by atoms with Crippen molar-refractivity contribution in [2.45, 2.75) is 19.4 Å². The summed E-state index contributed by atoms with van der Waals surface area (Å²) in [4.78, 5) is 0. The molecule has 16 heavy (non-hydrogen) atoms. The van der Waals surface area contributed by atoms with Crippen LogP contribution in [0.25, 0.3) is 0 Å². The van der Waals surface area contributed by atoms with E-state index in [0.717, 1.165) is 28.8 Å². The second-order valence-corrected chi connectivity index (χ2v) is 4.43. The smallest absolute Gasteiger partial charge is 0.133 e. The van der Waals surface area contributed by atoms with Crippen molar-refractivity contribution in [3.05, 3.63) is 28.2 Å². The predicted octanol–water partition coefficient (Wildman–Crippen LogP) is 2.88. The Hall–Kier alpha value is -0.580. The normalized spacial score (nSPS) is 12.5. The third-order valence-corrected chi connectivity index (χ3v) is 2.87. The third kappa shape index (κ3) is 3.77. The van der Waals surface area contributed by atoms with E-state index in [1.807, 2.05) is 18.2 Å². The van der Waals surface area contributed by atoms with Crippen LogP contribution < -0.4 is 10.5 Å². The Kier molecular flexibility index (Phi) is 5.80. The van der Waals surface area contributed by atoms with Crippen LogP contribution in [0.5, 0.6) is 5.75 Å². The zero-order valence-electron chi connectivity index (χ0n) is 9.70. The molecule has 0 aliphatic heterocycles. The van der Waals surface area contributed by atoms with Crippen molar-refractivity contribution in [3.8, 4) is 5.75 Å². The Balaban J connectivity index is 2.62. The lowest BCUT2D eigenvalue weighted by Crippen LogP contribution is -2.17. The van der Waals surface area contributed by atoms with E-state index in [2.05, 4.69) is 22.9 Å². The van der Waals surface area contributed by atoms with Crippen LogP contribution in [-0.2, 0) is 4.74 Å². The first kappa shape index (κ1) is 13.5. The van der Waals surface area contributed by atoms with E-state index in [9.17, 15) is 0 Å². The van der Waals surface area contributed by atoms with E-state index < -0.39 is 0 Å². The Labute approximate surface area is 105 Å². The molecule has 0 spiro atoms. The molecule has 3 nitrogen and oxygen atoms in total. The van der Waals surface area contributed by atoms with Crippen LogP contribution in [0.3, 0.4) is 0 Å². The Bertz CT molecular complexity index is 331. The summed E-state index contributed by atoms with van der Waals surface area (Å²) in [5, 5.41) is 0. The molecule has 4 heteroatoms. The van der Waals surface area contributed by atoms with Gasteiger partial charge in [-0.2, -0.15) is 0 Å². The van der Waals surface area contributed by atoms with Gasteiger partial charge < -0.3 is 15.2 Å². The van der Waals surface area contributed by atoms with E-state index in [1.54, 1.807) is 7.11 Å². The first-order valence-corrected chi connectivity index (χ1v) is 6.15. The van der Waals surface area contributed by atoms with Crippen LogP contribution in [0.2, 0.25) is 0 Å². The van der Waals surface area contributed by atoms with Gasteiger partial charge in [-0.05, 0) is 40.0 Å². The number of methoxy groups -OCH3 is 1. The van der Waals surface area contributed by atoms with E-state index in [1.165, 1.54) is 0 Å². The largest absolute Gasteiger partial charge is 0.496 e. The van der Waals surface area contributed by atoms with Gasteiger partial charge >= 0.3 is 0 Å². The van der Waals surface area contributed by atoms with Crippen molar-refractivity contribution in [2.75, 3.05) is 20.3 Å². The summed E-state index contributed by atoms with van der Waals surface area (Å²) in [6.45, 7) is 3.38. The highest BCUT2D eigenvalue weighted by molar-refractivity contribution is 9.10. The first-order valence-electron chi connectivity index (χ1n) is 5.35. The van der Waals surface area contributed by atoms with Gasteiger partial charge in [0.25, 0.3) is 0 Å². The van der Waals surface area contributed by atoms with Crippen molar-refractivity contribution >= 4 is 15.9 Å². The van der Waals surface area contributed by atoms with Gasteiger partial charge in [-0.25, -0.2) is 0 Å². The van der Waals surface area contributed by atoms with Crippen molar-refractivity contribution in [2.24, 2.45) is 5.73 Å². The lowest BCUT2D eigenvalue weighted by molar-refractivity contribution is 0.121. The highest BCUT2D eigenvalue weighted by Crippen LogP contribution is 2.27. The number of nitrogens with two attached hydrogens (primary N) is 1. The van der Waals surface area contributed by atoms with Crippen LogP contribution in [0.1, 0.15) is 24.9 Å². The minimum absolute atomic E-state index is 0.0891. The predicted molar refractivity (Wildman–Crippen MR) is 68.7 cm³/mol. The molecule has 0 bridgehead atoms. The van der Waals surface area contributed by atoms with Gasteiger partial charge in [0.2, 0.25) is 0 Å². The Morgan fingerprint density at radius 3 is 2.75 bits per heavy atom. The highest BCUT2D eigenvalue weighted by atomic mass is 79.9. The minimum Gasteiger partial charge on any atom is -0.496 e. The summed E-state index contributed by atoms with van der Waals surface area (Å²) in [7, 11) is 1.64. The lowest BCUT2D eigenvalue weighted by Gasteiger charge is -2.13. The zero-order chi connectivity index (χ0) is 12.0. The quantitative estimate of drug-likeness (QED) is 0.819. The maximum absolute atomic E-state index is 6.01. The molecule has 1 unspecified atom stereocenters. The minimum atomic E-state index is -0.0891. The van der Waals surface area contributed by atoms with Gasteiger partial charge in [0.05, 0.1) is 24.2 Å². The monoisotopic (exact) mass is 287 g/mol. The topological polar surface area (TPSA) is 44.5 Å². The van der Waals surface area contributed by atoms with E-state index >= 15 is 0 Å². The second kappa shape index (κ2) is 6.89. The molecule has 0 heterocycles. The molecule has 0 saturated carbocycles. The maximum atomic E-state index is 6.01. The van der Waals surface area contributed by atoms with Crippen LogP contribution in [0.15, 0.2) is 22.7 Å². The fourth-order valence-corrected chi connectivity index (χ4v) is 1.92. The molecule has 1 aromatic rings. The van der Waals surface area contributed by atoms with E-state index in [4.69, 9.17) is 15.2 Å². The fraction of sp³-hybridized carbons (Fsp3) is 0.500. The van der Waals surface area contributed by atoms with Gasteiger partial charge in [-0.15, -0.1) is 0 Å². The molecule has 90 valence electrons. The van der Waals surface area contributed by atoms with Gasteiger partial charge in [-0.3, -0.25) is 0 Å². The van der Waals surface area contributed by atoms with E-state index in [-0.39, 0.29) is 6.04 Å². The third-order valence-electron chi connectivity index (χ3n) is 2.25. The fourth-order valence-electron chi connectivity index (χ4n) is 1.36. The molecule has 1 rings (SSSR count). The standard InChI is InChI=1S/C12H18BrNO2/c1-3-6-16-8-11(14)9-4-5-12(15-2)10(13)7-9/h4-5,7,11H,3,6,8,14H2,1-2H3. The molecule has 0 aliphatic rings. The van der Waals surface area contributed by atoms with Crippen LogP contribution in [-0.4, -0.2) is 20.3 Å². The lowest BCUT2D eigenvalue weighted by atomic mass is 10.1. The Morgan fingerprint density at radius 1 is 1.44 bits per heavy atom. The number of rotatable bonds is 6. The zero-order valence-corrected chi connectivity index (χ0v) is 11.3. The molecular formula is C12H18BrNO2. The van der Waals surface area contributed by atoms with Gasteiger partial charge in [0.1, 0.15) is 5.75 Å². The number of hydrogen-bond donors (Lipinski definition) is 1. The second-order valence-electron chi connectivity index (χ2n) is 3.58. The SMILES string of the molecule is CCCOCC(N)c1ccc(OC)c(Br)c1. The van der Waals surface area contributed by atoms with Crippen molar-refractivity contribution in [3.63, 3.8) is 0 Å². The first-order chi connectivity index (χ1) is 7.69.